The summed E-state index contributed by atoms with van der Waals surface area (Å²) in [5.74, 6) is -0.335. The van der Waals surface area contributed by atoms with Crippen molar-refractivity contribution in [2.24, 2.45) is 0 Å². The molecule has 0 saturated heterocycles. The fraction of sp³-hybridized carbons (Fsp3) is 0.500. The van der Waals surface area contributed by atoms with E-state index in [2.05, 4.69) is 10.4 Å². The number of rotatable bonds is 6. The summed E-state index contributed by atoms with van der Waals surface area (Å²) in [4.78, 5) is 25.3. The van der Waals surface area contributed by atoms with Crippen LogP contribution in [0.3, 0.4) is 0 Å². The van der Waals surface area contributed by atoms with Gasteiger partial charge < -0.3 is 10.4 Å². The molecule has 0 aliphatic rings. The lowest BCUT2D eigenvalue weighted by atomic mass is 9.94. The van der Waals surface area contributed by atoms with Crippen LogP contribution in [0.25, 0.3) is 10.8 Å². The highest BCUT2D eigenvalue weighted by Gasteiger charge is 2.26. The monoisotopic (exact) mass is 331 g/mol. The fourth-order valence-electron chi connectivity index (χ4n) is 2.63. The molecule has 0 aliphatic carbocycles. The molecule has 0 aliphatic heterocycles. The first kappa shape index (κ1) is 18.1. The number of aromatic nitrogens is 2. The molecule has 1 heterocycles. The van der Waals surface area contributed by atoms with Gasteiger partial charge in [0.2, 0.25) is 0 Å². The number of nitrogens with zero attached hydrogens (tertiary/aromatic N) is 2. The van der Waals surface area contributed by atoms with Gasteiger partial charge in [0.1, 0.15) is 0 Å². The zero-order valence-corrected chi connectivity index (χ0v) is 14.7. The van der Waals surface area contributed by atoms with Crippen LogP contribution >= 0.6 is 0 Å². The summed E-state index contributed by atoms with van der Waals surface area (Å²) in [7, 11) is 0. The molecule has 0 radical (unpaired) electrons. The summed E-state index contributed by atoms with van der Waals surface area (Å²) >= 11 is 0. The zero-order chi connectivity index (χ0) is 17.9. The highest BCUT2D eigenvalue weighted by Crippen LogP contribution is 2.18. The zero-order valence-electron chi connectivity index (χ0n) is 14.7. The summed E-state index contributed by atoms with van der Waals surface area (Å²) in [6, 6.07) is 6.86. The smallest absolute Gasteiger partial charge is 0.274 e. The summed E-state index contributed by atoms with van der Waals surface area (Å²) in [6.07, 6.45) is 1.14. The molecule has 0 spiro atoms. The minimum Gasteiger partial charge on any atom is -0.396 e. The van der Waals surface area contributed by atoms with Gasteiger partial charge in [-0.2, -0.15) is 5.10 Å². The Balaban J connectivity index is 2.57. The molecule has 130 valence electrons. The highest BCUT2D eigenvalue weighted by molar-refractivity contribution is 6.05. The normalized spacial score (nSPS) is 13.9. The number of hydrogen-bond donors (Lipinski definition) is 2. The first-order valence-corrected chi connectivity index (χ1v) is 8.28. The van der Waals surface area contributed by atoms with Crippen LogP contribution in [-0.4, -0.2) is 32.9 Å². The van der Waals surface area contributed by atoms with Gasteiger partial charge in [-0.15, -0.1) is 0 Å². The third kappa shape index (κ3) is 3.48. The molecule has 1 atom stereocenters. The molecule has 24 heavy (non-hydrogen) atoms. The van der Waals surface area contributed by atoms with E-state index in [1.54, 1.807) is 24.3 Å². The second-order valence-corrected chi connectivity index (χ2v) is 6.58. The van der Waals surface area contributed by atoms with Crippen molar-refractivity contribution in [1.29, 1.82) is 0 Å². The maximum atomic E-state index is 12.8. The number of carbonyl (C=O) groups is 1. The SMILES string of the molecule is CCC(C)(CCO)NC(=O)c1nn(C(C)C)c(=O)c2ccccc12. The van der Waals surface area contributed by atoms with E-state index >= 15 is 0 Å². The van der Waals surface area contributed by atoms with E-state index in [1.165, 1.54) is 4.68 Å². The number of benzene rings is 1. The Hall–Kier alpha value is -2.21. The molecule has 0 bridgehead atoms. The van der Waals surface area contributed by atoms with E-state index in [1.807, 2.05) is 27.7 Å². The van der Waals surface area contributed by atoms with Crippen molar-refractivity contribution in [3.05, 3.63) is 40.3 Å². The van der Waals surface area contributed by atoms with Crippen molar-refractivity contribution in [1.82, 2.24) is 15.1 Å². The number of amides is 1. The van der Waals surface area contributed by atoms with Gasteiger partial charge in [-0.25, -0.2) is 4.68 Å². The average Bonchev–Trinajstić information content (AvgIpc) is 2.55. The van der Waals surface area contributed by atoms with Crippen molar-refractivity contribution in [3.8, 4) is 0 Å². The molecule has 6 heteroatoms. The third-order valence-corrected chi connectivity index (χ3v) is 4.39. The van der Waals surface area contributed by atoms with E-state index in [0.29, 0.717) is 23.6 Å². The Morgan fingerprint density at radius 1 is 1.33 bits per heavy atom. The standard InChI is InChI=1S/C18H25N3O3/c1-5-18(4,10-11-22)19-16(23)15-13-8-6-7-9-14(13)17(24)21(20-15)12(2)3/h6-9,12,22H,5,10-11H2,1-4H3,(H,19,23). The van der Waals surface area contributed by atoms with Gasteiger partial charge in [-0.1, -0.05) is 25.1 Å². The molecule has 0 fully saturated rings. The summed E-state index contributed by atoms with van der Waals surface area (Å²) in [6.45, 7) is 7.54. The molecule has 2 aromatic rings. The maximum absolute atomic E-state index is 12.8. The number of aliphatic hydroxyl groups excluding tert-OH is 1. The second-order valence-electron chi connectivity index (χ2n) is 6.58. The van der Waals surface area contributed by atoms with Crippen LogP contribution in [0, 0.1) is 0 Å². The predicted molar refractivity (Wildman–Crippen MR) is 94.3 cm³/mol. The van der Waals surface area contributed by atoms with Gasteiger partial charge in [0.05, 0.1) is 11.4 Å². The lowest BCUT2D eigenvalue weighted by Gasteiger charge is -2.29. The van der Waals surface area contributed by atoms with E-state index < -0.39 is 5.54 Å². The Labute approximate surface area is 141 Å². The first-order chi connectivity index (χ1) is 11.3. The van der Waals surface area contributed by atoms with Crippen molar-refractivity contribution >= 4 is 16.7 Å². The Bertz CT molecular complexity index is 798. The van der Waals surface area contributed by atoms with Gasteiger partial charge >= 0.3 is 0 Å². The minimum atomic E-state index is -0.520. The molecular weight excluding hydrogens is 306 g/mol. The molecule has 2 rings (SSSR count). The number of carbonyl (C=O) groups excluding carboxylic acids is 1. The van der Waals surface area contributed by atoms with Crippen molar-refractivity contribution in [3.63, 3.8) is 0 Å². The van der Waals surface area contributed by atoms with Crippen molar-refractivity contribution < 1.29 is 9.90 Å². The van der Waals surface area contributed by atoms with E-state index in [9.17, 15) is 14.7 Å². The number of nitrogens with one attached hydrogen (secondary N) is 1. The van der Waals surface area contributed by atoms with E-state index in [4.69, 9.17) is 0 Å². The molecule has 2 N–H and O–H groups in total. The van der Waals surface area contributed by atoms with Crippen molar-refractivity contribution in [2.45, 2.75) is 52.1 Å². The van der Waals surface area contributed by atoms with Gasteiger partial charge in [-0.05, 0) is 39.7 Å². The molecule has 1 aromatic heterocycles. The summed E-state index contributed by atoms with van der Waals surface area (Å²) < 4.78 is 1.34. The highest BCUT2D eigenvalue weighted by atomic mass is 16.3. The van der Waals surface area contributed by atoms with Gasteiger partial charge in [-0.3, -0.25) is 9.59 Å². The molecular formula is C18H25N3O3. The maximum Gasteiger partial charge on any atom is 0.274 e. The van der Waals surface area contributed by atoms with Crippen LogP contribution < -0.4 is 10.9 Å². The van der Waals surface area contributed by atoms with E-state index in [-0.39, 0.29) is 29.8 Å². The third-order valence-electron chi connectivity index (χ3n) is 4.39. The van der Waals surface area contributed by atoms with Crippen LogP contribution in [0.2, 0.25) is 0 Å². The van der Waals surface area contributed by atoms with Gasteiger partial charge in [0.25, 0.3) is 11.5 Å². The van der Waals surface area contributed by atoms with Crippen LogP contribution in [0.1, 0.15) is 57.1 Å². The fourth-order valence-corrected chi connectivity index (χ4v) is 2.63. The van der Waals surface area contributed by atoms with Gasteiger partial charge in [0.15, 0.2) is 5.69 Å². The van der Waals surface area contributed by atoms with E-state index in [0.717, 1.165) is 0 Å². The first-order valence-electron chi connectivity index (χ1n) is 8.28. The summed E-state index contributed by atoms with van der Waals surface area (Å²) in [5.41, 5.74) is -0.491. The molecule has 1 aromatic carbocycles. The number of hydrogen-bond acceptors (Lipinski definition) is 4. The Kier molecular flexibility index (Phi) is 5.39. The topological polar surface area (TPSA) is 84.2 Å². The molecule has 1 amide bonds. The molecule has 6 nitrogen and oxygen atoms in total. The number of aliphatic hydroxyl groups is 1. The minimum absolute atomic E-state index is 0.00963. The largest absolute Gasteiger partial charge is 0.396 e. The van der Waals surface area contributed by atoms with Crippen LogP contribution in [0.15, 0.2) is 29.1 Å². The quantitative estimate of drug-likeness (QED) is 0.850. The summed E-state index contributed by atoms with van der Waals surface area (Å²) in [5, 5.41) is 17.5. The Morgan fingerprint density at radius 2 is 1.96 bits per heavy atom. The van der Waals surface area contributed by atoms with Crippen LogP contribution in [0.4, 0.5) is 0 Å². The Morgan fingerprint density at radius 3 is 2.50 bits per heavy atom. The number of fused-ring (bicyclic) bond motifs is 1. The van der Waals surface area contributed by atoms with Crippen LogP contribution in [0.5, 0.6) is 0 Å². The van der Waals surface area contributed by atoms with Crippen LogP contribution in [-0.2, 0) is 0 Å². The van der Waals surface area contributed by atoms with Crippen molar-refractivity contribution in [2.75, 3.05) is 6.61 Å². The van der Waals surface area contributed by atoms with Gasteiger partial charge in [0, 0.05) is 17.5 Å². The lowest BCUT2D eigenvalue weighted by molar-refractivity contribution is 0.0880. The lowest BCUT2D eigenvalue weighted by Crippen LogP contribution is -2.47. The predicted octanol–water partition coefficient (Wildman–Crippen LogP) is 2.26. The molecule has 1 unspecified atom stereocenters. The molecule has 0 saturated carbocycles. The average molecular weight is 331 g/mol. The second kappa shape index (κ2) is 7.13.